The second-order valence-electron chi connectivity index (χ2n) is 3.76. The lowest BCUT2D eigenvalue weighted by Crippen LogP contribution is -2.36. The van der Waals surface area contributed by atoms with E-state index in [1.54, 1.807) is 12.4 Å². The van der Waals surface area contributed by atoms with Crippen molar-refractivity contribution in [1.29, 1.82) is 0 Å². The lowest BCUT2D eigenvalue weighted by atomic mass is 9.90. The van der Waals surface area contributed by atoms with Crippen LogP contribution in [0.15, 0.2) is 12.4 Å². The first kappa shape index (κ1) is 11.8. The van der Waals surface area contributed by atoms with Crippen molar-refractivity contribution in [2.75, 3.05) is 11.1 Å². The molecule has 0 spiro atoms. The summed E-state index contributed by atoms with van der Waals surface area (Å²) in [5, 5.41) is 3.41. The van der Waals surface area contributed by atoms with Crippen molar-refractivity contribution in [3.8, 4) is 0 Å². The van der Waals surface area contributed by atoms with E-state index in [-0.39, 0.29) is 5.54 Å². The van der Waals surface area contributed by atoms with Crippen LogP contribution in [0.1, 0.15) is 40.0 Å². The molecule has 1 aromatic heterocycles. The average Bonchev–Trinajstić information content (AvgIpc) is 2.29. The van der Waals surface area contributed by atoms with Crippen LogP contribution in [-0.2, 0) is 0 Å². The van der Waals surface area contributed by atoms with Crippen molar-refractivity contribution in [3.63, 3.8) is 0 Å². The summed E-state index contributed by atoms with van der Waals surface area (Å²) in [4.78, 5) is 8.23. The third-order valence-electron chi connectivity index (χ3n) is 3.14. The quantitative estimate of drug-likeness (QED) is 0.780. The van der Waals surface area contributed by atoms with Crippen LogP contribution in [0.3, 0.4) is 0 Å². The van der Waals surface area contributed by atoms with E-state index in [1.807, 2.05) is 0 Å². The minimum atomic E-state index is 0.0875. The van der Waals surface area contributed by atoms with Gasteiger partial charge in [0.05, 0.1) is 0 Å². The zero-order chi connectivity index (χ0) is 11.3. The molecule has 4 heteroatoms. The molecule has 84 valence electrons. The van der Waals surface area contributed by atoms with E-state index in [1.165, 1.54) is 0 Å². The molecule has 0 saturated carbocycles. The van der Waals surface area contributed by atoms with Gasteiger partial charge >= 0.3 is 0 Å². The van der Waals surface area contributed by atoms with Crippen molar-refractivity contribution in [1.82, 2.24) is 9.97 Å². The highest BCUT2D eigenvalue weighted by Crippen LogP contribution is 2.26. The lowest BCUT2D eigenvalue weighted by molar-refractivity contribution is 0.419. The van der Waals surface area contributed by atoms with Gasteiger partial charge in [-0.25, -0.2) is 9.97 Å². The first-order chi connectivity index (χ1) is 7.17. The smallest absolute Gasteiger partial charge is 0.169 e. The maximum Gasteiger partial charge on any atom is 0.169 e. The largest absolute Gasteiger partial charge is 0.381 e. The van der Waals surface area contributed by atoms with Gasteiger partial charge in [0.2, 0.25) is 0 Å². The molecule has 0 aromatic carbocycles. The van der Waals surface area contributed by atoms with Gasteiger partial charge in [0.15, 0.2) is 11.6 Å². The number of nitrogen functional groups attached to an aromatic ring is 1. The molecule has 0 saturated heterocycles. The van der Waals surface area contributed by atoms with Gasteiger partial charge < -0.3 is 11.1 Å². The Morgan fingerprint density at radius 1 is 1.13 bits per heavy atom. The number of nitrogens with two attached hydrogens (primary N) is 1. The van der Waals surface area contributed by atoms with Gasteiger partial charge in [0.1, 0.15) is 0 Å². The topological polar surface area (TPSA) is 63.8 Å². The first-order valence-corrected chi connectivity index (χ1v) is 5.52. The molecule has 0 amide bonds. The van der Waals surface area contributed by atoms with Crippen molar-refractivity contribution in [2.45, 2.75) is 45.6 Å². The fraction of sp³-hybridized carbons (Fsp3) is 0.636. The molecule has 0 aliphatic heterocycles. The van der Waals surface area contributed by atoms with Crippen molar-refractivity contribution >= 4 is 11.6 Å². The molecule has 0 atom stereocenters. The lowest BCUT2D eigenvalue weighted by Gasteiger charge is -2.32. The highest BCUT2D eigenvalue weighted by atomic mass is 15.1. The Labute approximate surface area is 91.3 Å². The van der Waals surface area contributed by atoms with Crippen LogP contribution in [0.5, 0.6) is 0 Å². The van der Waals surface area contributed by atoms with Crippen LogP contribution < -0.4 is 11.1 Å². The summed E-state index contributed by atoms with van der Waals surface area (Å²) in [5.41, 5.74) is 5.84. The van der Waals surface area contributed by atoms with E-state index in [9.17, 15) is 0 Å². The third kappa shape index (κ3) is 2.58. The highest BCUT2D eigenvalue weighted by molar-refractivity contribution is 5.56. The van der Waals surface area contributed by atoms with Crippen LogP contribution in [0.4, 0.5) is 11.6 Å². The average molecular weight is 208 g/mol. The van der Waals surface area contributed by atoms with E-state index in [4.69, 9.17) is 5.73 Å². The summed E-state index contributed by atoms with van der Waals surface area (Å²) in [7, 11) is 0. The van der Waals surface area contributed by atoms with E-state index in [0.29, 0.717) is 11.6 Å². The number of nitrogens with zero attached hydrogens (tertiary/aromatic N) is 2. The normalized spacial score (nSPS) is 11.4. The fourth-order valence-corrected chi connectivity index (χ4v) is 1.71. The monoisotopic (exact) mass is 208 g/mol. The third-order valence-corrected chi connectivity index (χ3v) is 3.14. The second kappa shape index (κ2) is 4.96. The van der Waals surface area contributed by atoms with E-state index in [0.717, 1.165) is 19.3 Å². The number of rotatable bonds is 5. The fourth-order valence-electron chi connectivity index (χ4n) is 1.71. The maximum absolute atomic E-state index is 5.76. The molecule has 0 unspecified atom stereocenters. The van der Waals surface area contributed by atoms with Gasteiger partial charge in [-0.05, 0) is 19.3 Å². The molecular formula is C11H20N4. The van der Waals surface area contributed by atoms with Crippen molar-refractivity contribution in [3.05, 3.63) is 12.4 Å². The standard InChI is InChI=1S/C11H20N4/c1-4-11(5-2,6-3)15-10-9(12)13-7-8-14-10/h7-8H,4-6H2,1-3H3,(H2,12,13)(H,14,15). The summed E-state index contributed by atoms with van der Waals surface area (Å²) in [6.07, 6.45) is 6.42. The van der Waals surface area contributed by atoms with Gasteiger partial charge in [-0.2, -0.15) is 0 Å². The van der Waals surface area contributed by atoms with Crippen molar-refractivity contribution < 1.29 is 0 Å². The predicted octanol–water partition coefficient (Wildman–Crippen LogP) is 2.44. The molecule has 0 fully saturated rings. The van der Waals surface area contributed by atoms with E-state index >= 15 is 0 Å². The van der Waals surface area contributed by atoms with Crippen LogP contribution in [-0.4, -0.2) is 15.5 Å². The molecule has 0 bridgehead atoms. The van der Waals surface area contributed by atoms with Gasteiger partial charge in [0.25, 0.3) is 0 Å². The number of anilines is 2. The molecule has 3 N–H and O–H groups in total. The molecule has 1 rings (SSSR count). The number of nitrogens with one attached hydrogen (secondary N) is 1. The second-order valence-corrected chi connectivity index (χ2v) is 3.76. The Morgan fingerprint density at radius 3 is 2.13 bits per heavy atom. The molecular weight excluding hydrogens is 188 g/mol. The Hall–Kier alpha value is -1.32. The first-order valence-electron chi connectivity index (χ1n) is 5.52. The summed E-state index contributed by atoms with van der Waals surface area (Å²) < 4.78 is 0. The van der Waals surface area contributed by atoms with Crippen LogP contribution in [0.2, 0.25) is 0 Å². The number of aromatic nitrogens is 2. The van der Waals surface area contributed by atoms with E-state index in [2.05, 4.69) is 36.1 Å². The minimum absolute atomic E-state index is 0.0875. The van der Waals surface area contributed by atoms with Crippen LogP contribution in [0, 0.1) is 0 Å². The molecule has 1 heterocycles. The van der Waals surface area contributed by atoms with Gasteiger partial charge in [-0.3, -0.25) is 0 Å². The van der Waals surface area contributed by atoms with Crippen LogP contribution in [0.25, 0.3) is 0 Å². The molecule has 0 aliphatic rings. The van der Waals surface area contributed by atoms with Gasteiger partial charge in [0, 0.05) is 17.9 Å². The number of hydrogen-bond acceptors (Lipinski definition) is 4. The zero-order valence-corrected chi connectivity index (χ0v) is 9.75. The summed E-state index contributed by atoms with van der Waals surface area (Å²) >= 11 is 0. The Bertz CT molecular complexity index is 299. The summed E-state index contributed by atoms with van der Waals surface area (Å²) in [5.74, 6) is 1.17. The molecule has 4 nitrogen and oxygen atoms in total. The Morgan fingerprint density at radius 2 is 1.67 bits per heavy atom. The molecule has 0 radical (unpaired) electrons. The summed E-state index contributed by atoms with van der Waals surface area (Å²) in [6, 6.07) is 0. The minimum Gasteiger partial charge on any atom is -0.381 e. The van der Waals surface area contributed by atoms with Crippen molar-refractivity contribution in [2.24, 2.45) is 0 Å². The highest BCUT2D eigenvalue weighted by Gasteiger charge is 2.24. The SMILES string of the molecule is CCC(CC)(CC)Nc1nccnc1N. The Kier molecular flexibility index (Phi) is 3.88. The predicted molar refractivity (Wildman–Crippen MR) is 63.7 cm³/mol. The maximum atomic E-state index is 5.76. The number of hydrogen-bond donors (Lipinski definition) is 2. The summed E-state index contributed by atoms with van der Waals surface area (Å²) in [6.45, 7) is 6.52. The van der Waals surface area contributed by atoms with E-state index < -0.39 is 0 Å². The van der Waals surface area contributed by atoms with Gasteiger partial charge in [-0.15, -0.1) is 0 Å². The van der Waals surface area contributed by atoms with Gasteiger partial charge in [-0.1, -0.05) is 20.8 Å². The molecule has 1 aromatic rings. The van der Waals surface area contributed by atoms with Crippen LogP contribution >= 0.6 is 0 Å². The molecule has 15 heavy (non-hydrogen) atoms. The Balaban J connectivity index is 2.88. The molecule has 0 aliphatic carbocycles. The zero-order valence-electron chi connectivity index (χ0n) is 9.75.